The molecule has 0 amide bonds. The van der Waals surface area contributed by atoms with Gasteiger partial charge in [0, 0.05) is 10.3 Å². The fourth-order valence-corrected chi connectivity index (χ4v) is 3.71. The smallest absolute Gasteiger partial charge is 0.0265 e. The molecular weight excluding hydrogens is 250 g/mol. The zero-order valence-electron chi connectivity index (χ0n) is 12.8. The van der Waals surface area contributed by atoms with Crippen LogP contribution in [0.5, 0.6) is 0 Å². The Hall–Kier alpha value is -0.730. The van der Waals surface area contributed by atoms with Crippen LogP contribution >= 0.6 is 11.9 Å². The van der Waals surface area contributed by atoms with Crippen molar-refractivity contribution < 1.29 is 0 Å². The number of rotatable bonds is 3. The monoisotopic (exact) mass is 275 g/mol. The van der Waals surface area contributed by atoms with E-state index in [0.717, 1.165) is 19.3 Å². The minimum absolute atomic E-state index is 0.124. The Labute approximate surface area is 122 Å². The Morgan fingerprint density at radius 3 is 2.53 bits per heavy atom. The number of aryl methyl sites for hydroxylation is 2. The largest absolute Gasteiger partial charge is 0.253 e. The van der Waals surface area contributed by atoms with E-state index in [4.69, 9.17) is 0 Å². The first-order valence-electron chi connectivity index (χ1n) is 7.06. The highest BCUT2D eigenvalue weighted by molar-refractivity contribution is 7.97. The minimum Gasteiger partial charge on any atom is -0.253 e. The molecule has 1 aromatic rings. The Morgan fingerprint density at radius 1 is 1.26 bits per heavy atom. The van der Waals surface area contributed by atoms with Gasteiger partial charge in [0.15, 0.2) is 0 Å². The molecule has 1 aliphatic carbocycles. The van der Waals surface area contributed by atoms with Crippen LogP contribution in [0.15, 0.2) is 29.2 Å². The summed E-state index contributed by atoms with van der Waals surface area (Å²) in [7, 11) is 4.21. The van der Waals surface area contributed by atoms with Crippen molar-refractivity contribution in [3.05, 3.63) is 41.0 Å². The number of fused-ring (bicyclic) bond motifs is 1. The lowest BCUT2D eigenvalue weighted by Crippen LogP contribution is -2.26. The molecule has 0 saturated heterocycles. The molecule has 1 aliphatic rings. The predicted octanol–water partition coefficient (Wildman–Crippen LogP) is 4.60. The first kappa shape index (κ1) is 14.7. The highest BCUT2D eigenvalue weighted by atomic mass is 32.2. The summed E-state index contributed by atoms with van der Waals surface area (Å²) >= 11 is 1.83. The molecule has 2 rings (SSSR count). The van der Waals surface area contributed by atoms with Crippen molar-refractivity contribution in [1.29, 1.82) is 0 Å². The average molecular weight is 275 g/mol. The van der Waals surface area contributed by atoms with Crippen LogP contribution in [-0.2, 0) is 18.3 Å². The molecule has 0 bridgehead atoms. The maximum absolute atomic E-state index is 4.28. The summed E-state index contributed by atoms with van der Waals surface area (Å²) in [6.45, 7) is 11.1. The molecule has 0 saturated carbocycles. The topological polar surface area (TPSA) is 3.24 Å². The van der Waals surface area contributed by atoms with Crippen LogP contribution < -0.4 is 0 Å². The van der Waals surface area contributed by atoms with E-state index in [-0.39, 0.29) is 5.41 Å². The van der Waals surface area contributed by atoms with Crippen molar-refractivity contribution in [3.8, 4) is 0 Å². The van der Waals surface area contributed by atoms with Gasteiger partial charge in [0.05, 0.1) is 0 Å². The number of allylic oxidation sites excluding steroid dienone is 1. The van der Waals surface area contributed by atoms with Gasteiger partial charge in [0.25, 0.3) is 0 Å². The molecule has 1 nitrogen and oxygen atoms in total. The van der Waals surface area contributed by atoms with E-state index in [0.29, 0.717) is 0 Å². The maximum Gasteiger partial charge on any atom is 0.0265 e. The minimum atomic E-state index is 0.124. The highest BCUT2D eigenvalue weighted by Gasteiger charge is 2.31. The second-order valence-corrected chi connectivity index (χ2v) is 7.46. The van der Waals surface area contributed by atoms with Gasteiger partial charge in [-0.2, -0.15) is 0 Å². The summed E-state index contributed by atoms with van der Waals surface area (Å²) in [6.07, 6.45) is 3.35. The van der Waals surface area contributed by atoms with Crippen molar-refractivity contribution in [1.82, 2.24) is 4.31 Å². The van der Waals surface area contributed by atoms with Crippen LogP contribution in [0.2, 0.25) is 0 Å². The van der Waals surface area contributed by atoms with Gasteiger partial charge in [-0.25, -0.2) is 0 Å². The van der Waals surface area contributed by atoms with E-state index in [1.807, 2.05) is 11.9 Å². The van der Waals surface area contributed by atoms with Gasteiger partial charge in [-0.1, -0.05) is 39.0 Å². The first-order chi connectivity index (χ1) is 8.86. The molecule has 0 aliphatic heterocycles. The van der Waals surface area contributed by atoms with Crippen molar-refractivity contribution in [2.45, 2.75) is 50.3 Å². The van der Waals surface area contributed by atoms with Crippen LogP contribution in [0.3, 0.4) is 0 Å². The molecule has 0 radical (unpaired) electrons. The number of benzene rings is 1. The molecular formula is C17H25NS. The number of nitrogens with zero attached hydrogens (tertiary/aromatic N) is 1. The summed E-state index contributed by atoms with van der Waals surface area (Å²) in [4.78, 5) is 1.41. The number of hydrogen-bond donors (Lipinski definition) is 0. The van der Waals surface area contributed by atoms with Gasteiger partial charge in [-0.3, -0.25) is 4.31 Å². The van der Waals surface area contributed by atoms with Gasteiger partial charge in [-0.05, 0) is 68.1 Å². The summed E-state index contributed by atoms with van der Waals surface area (Å²) in [5, 5.41) is 0. The van der Waals surface area contributed by atoms with E-state index < -0.39 is 0 Å². The van der Waals surface area contributed by atoms with Crippen molar-refractivity contribution in [2.24, 2.45) is 0 Å². The second kappa shape index (κ2) is 5.34. The molecule has 19 heavy (non-hydrogen) atoms. The molecule has 104 valence electrons. The van der Waals surface area contributed by atoms with E-state index in [1.54, 1.807) is 0 Å². The quantitative estimate of drug-likeness (QED) is 0.586. The van der Waals surface area contributed by atoms with E-state index in [2.05, 4.69) is 57.9 Å². The summed E-state index contributed by atoms with van der Waals surface area (Å²) in [5.74, 6) is 0. The standard InChI is InChI=1S/C17H25NS/c1-7-13-10-15-14(11-16(13)19-18(5)6)9-8-12(2)17(15,3)4/h10-11H,2,7-9H2,1,3-6H3. The molecule has 0 aromatic heterocycles. The van der Waals surface area contributed by atoms with Crippen LogP contribution in [-0.4, -0.2) is 18.4 Å². The third kappa shape index (κ3) is 2.75. The Morgan fingerprint density at radius 2 is 1.95 bits per heavy atom. The second-order valence-electron chi connectivity index (χ2n) is 6.10. The van der Waals surface area contributed by atoms with E-state index in [1.165, 1.54) is 27.2 Å². The third-order valence-electron chi connectivity index (χ3n) is 4.20. The fraction of sp³-hybridized carbons (Fsp3) is 0.529. The zero-order valence-corrected chi connectivity index (χ0v) is 13.7. The molecule has 0 unspecified atom stereocenters. The Balaban J connectivity index is 2.52. The van der Waals surface area contributed by atoms with Gasteiger partial charge < -0.3 is 0 Å². The van der Waals surface area contributed by atoms with Crippen LogP contribution in [0, 0.1) is 0 Å². The highest BCUT2D eigenvalue weighted by Crippen LogP contribution is 2.42. The van der Waals surface area contributed by atoms with Crippen molar-refractivity contribution >= 4 is 11.9 Å². The molecule has 1 aromatic carbocycles. The lowest BCUT2D eigenvalue weighted by atomic mass is 9.69. The fourth-order valence-electron chi connectivity index (χ4n) is 2.80. The molecule has 0 N–H and O–H groups in total. The predicted molar refractivity (Wildman–Crippen MR) is 85.9 cm³/mol. The van der Waals surface area contributed by atoms with E-state index in [9.17, 15) is 0 Å². The summed E-state index contributed by atoms with van der Waals surface area (Å²) in [6, 6.07) is 4.83. The molecule has 0 fully saturated rings. The van der Waals surface area contributed by atoms with Gasteiger partial charge in [0.1, 0.15) is 0 Å². The third-order valence-corrected chi connectivity index (χ3v) is 5.14. The first-order valence-corrected chi connectivity index (χ1v) is 7.83. The molecule has 0 atom stereocenters. The average Bonchev–Trinajstić information content (AvgIpc) is 2.33. The Bertz CT molecular complexity index is 500. The summed E-state index contributed by atoms with van der Waals surface area (Å²) in [5.41, 5.74) is 5.96. The summed E-state index contributed by atoms with van der Waals surface area (Å²) < 4.78 is 2.17. The molecule has 2 heteroatoms. The van der Waals surface area contributed by atoms with Crippen LogP contribution in [0.4, 0.5) is 0 Å². The van der Waals surface area contributed by atoms with Crippen LogP contribution in [0.1, 0.15) is 43.9 Å². The van der Waals surface area contributed by atoms with Crippen molar-refractivity contribution in [3.63, 3.8) is 0 Å². The van der Waals surface area contributed by atoms with E-state index >= 15 is 0 Å². The number of hydrogen-bond acceptors (Lipinski definition) is 2. The molecule has 0 spiro atoms. The van der Waals surface area contributed by atoms with Crippen molar-refractivity contribution in [2.75, 3.05) is 14.1 Å². The maximum atomic E-state index is 4.28. The lowest BCUT2D eigenvalue weighted by molar-refractivity contribution is 0.556. The van der Waals surface area contributed by atoms with Gasteiger partial charge >= 0.3 is 0 Å². The zero-order chi connectivity index (χ0) is 14.2. The normalized spacial score (nSPS) is 17.7. The Kier molecular flexibility index (Phi) is 4.12. The molecule has 0 heterocycles. The van der Waals surface area contributed by atoms with Gasteiger partial charge in [-0.15, -0.1) is 0 Å². The lowest BCUT2D eigenvalue weighted by Gasteiger charge is -2.36. The van der Waals surface area contributed by atoms with Crippen LogP contribution in [0.25, 0.3) is 0 Å². The van der Waals surface area contributed by atoms with Gasteiger partial charge in [0.2, 0.25) is 0 Å². The SMILES string of the molecule is C=C1CCc2cc(SN(C)C)c(CC)cc2C1(C)C.